The number of amides is 1. The number of rotatable bonds is 4. The normalized spacial score (nSPS) is 16.1. The summed E-state index contributed by atoms with van der Waals surface area (Å²) >= 11 is 0. The number of benzene rings is 1. The van der Waals surface area contributed by atoms with E-state index in [0.29, 0.717) is 18.2 Å². The van der Waals surface area contributed by atoms with Gasteiger partial charge in [-0.3, -0.25) is 4.79 Å². The van der Waals surface area contributed by atoms with Crippen LogP contribution in [0.4, 0.5) is 5.69 Å². The summed E-state index contributed by atoms with van der Waals surface area (Å²) in [5, 5.41) is 6.35. The van der Waals surface area contributed by atoms with E-state index in [1.807, 2.05) is 25.1 Å². The standard InChI is InChI=1S/C15H22N2O2/c1-3-16-15(18)12-5-4-11(2)14(10-12)17-13-6-8-19-9-7-13/h4-5,10,13,17H,3,6-9H2,1-2H3,(H,16,18). The van der Waals surface area contributed by atoms with Crippen LogP contribution < -0.4 is 10.6 Å². The Balaban J connectivity index is 2.10. The fourth-order valence-electron chi connectivity index (χ4n) is 2.24. The maximum Gasteiger partial charge on any atom is 0.251 e. The number of ether oxygens (including phenoxy) is 1. The van der Waals surface area contributed by atoms with Crippen molar-refractivity contribution >= 4 is 11.6 Å². The molecule has 1 aromatic carbocycles. The molecule has 0 aliphatic carbocycles. The lowest BCUT2D eigenvalue weighted by Crippen LogP contribution is -2.28. The number of aryl methyl sites for hydroxylation is 1. The minimum atomic E-state index is -0.0162. The Labute approximate surface area is 114 Å². The van der Waals surface area contributed by atoms with Gasteiger partial charge in [-0.15, -0.1) is 0 Å². The molecule has 1 saturated heterocycles. The van der Waals surface area contributed by atoms with E-state index in [9.17, 15) is 4.79 Å². The molecule has 2 rings (SSSR count). The van der Waals surface area contributed by atoms with E-state index in [2.05, 4.69) is 17.6 Å². The summed E-state index contributed by atoms with van der Waals surface area (Å²) in [5.41, 5.74) is 2.93. The fraction of sp³-hybridized carbons (Fsp3) is 0.533. The second-order valence-corrected chi connectivity index (χ2v) is 4.92. The van der Waals surface area contributed by atoms with Crippen LogP contribution in [0.3, 0.4) is 0 Å². The van der Waals surface area contributed by atoms with Gasteiger partial charge in [-0.25, -0.2) is 0 Å². The number of hydrogen-bond acceptors (Lipinski definition) is 3. The number of carbonyl (C=O) groups is 1. The fourth-order valence-corrected chi connectivity index (χ4v) is 2.24. The molecule has 0 unspecified atom stereocenters. The van der Waals surface area contributed by atoms with E-state index in [-0.39, 0.29) is 5.91 Å². The number of hydrogen-bond donors (Lipinski definition) is 2. The van der Waals surface area contributed by atoms with Crippen molar-refractivity contribution in [3.8, 4) is 0 Å². The smallest absolute Gasteiger partial charge is 0.251 e. The lowest BCUT2D eigenvalue weighted by atomic mass is 10.1. The second kappa shape index (κ2) is 6.57. The van der Waals surface area contributed by atoms with E-state index >= 15 is 0 Å². The van der Waals surface area contributed by atoms with Gasteiger partial charge in [0.25, 0.3) is 5.91 Å². The van der Waals surface area contributed by atoms with Gasteiger partial charge in [0.05, 0.1) is 0 Å². The lowest BCUT2D eigenvalue weighted by Gasteiger charge is -2.25. The first kappa shape index (κ1) is 13.9. The first-order valence-corrected chi connectivity index (χ1v) is 6.94. The molecule has 0 spiro atoms. The lowest BCUT2D eigenvalue weighted by molar-refractivity contribution is 0.0904. The van der Waals surface area contributed by atoms with Gasteiger partial charge in [-0.05, 0) is 44.4 Å². The van der Waals surface area contributed by atoms with Crippen LogP contribution in [0.5, 0.6) is 0 Å². The van der Waals surface area contributed by atoms with Gasteiger partial charge in [0.15, 0.2) is 0 Å². The van der Waals surface area contributed by atoms with E-state index in [1.165, 1.54) is 5.56 Å². The third-order valence-corrected chi connectivity index (χ3v) is 3.42. The van der Waals surface area contributed by atoms with Gasteiger partial charge in [0, 0.05) is 37.1 Å². The molecular formula is C15H22N2O2. The van der Waals surface area contributed by atoms with Crippen LogP contribution in [0.25, 0.3) is 0 Å². The van der Waals surface area contributed by atoms with Gasteiger partial charge in [0.2, 0.25) is 0 Å². The van der Waals surface area contributed by atoms with Crippen LogP contribution in [0.1, 0.15) is 35.7 Å². The molecule has 0 radical (unpaired) electrons. The molecule has 1 aliphatic heterocycles. The third kappa shape index (κ3) is 3.70. The van der Waals surface area contributed by atoms with Crippen molar-refractivity contribution in [1.82, 2.24) is 5.32 Å². The summed E-state index contributed by atoms with van der Waals surface area (Å²) in [6.45, 7) is 6.26. The molecule has 1 aliphatic rings. The molecule has 4 nitrogen and oxygen atoms in total. The zero-order valence-corrected chi connectivity index (χ0v) is 11.7. The van der Waals surface area contributed by atoms with Crippen molar-refractivity contribution in [3.63, 3.8) is 0 Å². The molecule has 1 aromatic rings. The Bertz CT molecular complexity index is 440. The van der Waals surface area contributed by atoms with Gasteiger partial charge in [-0.2, -0.15) is 0 Å². The van der Waals surface area contributed by atoms with Crippen LogP contribution in [-0.2, 0) is 4.74 Å². The quantitative estimate of drug-likeness (QED) is 0.875. The van der Waals surface area contributed by atoms with Crippen LogP contribution in [0.2, 0.25) is 0 Å². The zero-order valence-electron chi connectivity index (χ0n) is 11.7. The molecule has 0 bridgehead atoms. The molecule has 0 saturated carbocycles. The molecule has 1 fully saturated rings. The number of carbonyl (C=O) groups excluding carboxylic acids is 1. The molecular weight excluding hydrogens is 240 g/mol. The summed E-state index contributed by atoms with van der Waals surface area (Å²) in [5.74, 6) is -0.0162. The first-order chi connectivity index (χ1) is 9.20. The van der Waals surface area contributed by atoms with Gasteiger partial charge < -0.3 is 15.4 Å². The summed E-state index contributed by atoms with van der Waals surface area (Å²) in [6.07, 6.45) is 2.04. The minimum Gasteiger partial charge on any atom is -0.382 e. The predicted molar refractivity (Wildman–Crippen MR) is 76.6 cm³/mol. The zero-order chi connectivity index (χ0) is 13.7. The SMILES string of the molecule is CCNC(=O)c1ccc(C)c(NC2CCOCC2)c1. The molecule has 1 amide bonds. The topological polar surface area (TPSA) is 50.4 Å². The first-order valence-electron chi connectivity index (χ1n) is 6.94. The molecule has 1 heterocycles. The Morgan fingerprint density at radius 3 is 2.79 bits per heavy atom. The maximum atomic E-state index is 11.8. The van der Waals surface area contributed by atoms with Gasteiger partial charge in [0.1, 0.15) is 0 Å². The minimum absolute atomic E-state index is 0.0162. The van der Waals surface area contributed by atoms with Crippen molar-refractivity contribution < 1.29 is 9.53 Å². The number of nitrogens with one attached hydrogen (secondary N) is 2. The molecule has 2 N–H and O–H groups in total. The Kier molecular flexibility index (Phi) is 4.80. The van der Waals surface area contributed by atoms with Crippen LogP contribution >= 0.6 is 0 Å². The second-order valence-electron chi connectivity index (χ2n) is 4.92. The molecule has 104 valence electrons. The predicted octanol–water partition coefficient (Wildman–Crippen LogP) is 2.34. The van der Waals surface area contributed by atoms with Crippen molar-refractivity contribution in [1.29, 1.82) is 0 Å². The van der Waals surface area contributed by atoms with Crippen molar-refractivity contribution in [2.45, 2.75) is 32.7 Å². The van der Waals surface area contributed by atoms with Gasteiger partial charge >= 0.3 is 0 Å². The van der Waals surface area contributed by atoms with Crippen LogP contribution in [0.15, 0.2) is 18.2 Å². The summed E-state index contributed by atoms with van der Waals surface area (Å²) in [7, 11) is 0. The summed E-state index contributed by atoms with van der Waals surface area (Å²) in [4.78, 5) is 11.8. The van der Waals surface area contributed by atoms with E-state index < -0.39 is 0 Å². The van der Waals surface area contributed by atoms with Gasteiger partial charge in [-0.1, -0.05) is 6.07 Å². The largest absolute Gasteiger partial charge is 0.382 e. The van der Waals surface area contributed by atoms with Crippen molar-refractivity contribution in [3.05, 3.63) is 29.3 Å². The highest BCUT2D eigenvalue weighted by atomic mass is 16.5. The number of anilines is 1. The maximum absolute atomic E-state index is 11.8. The molecule has 0 aromatic heterocycles. The summed E-state index contributed by atoms with van der Waals surface area (Å²) < 4.78 is 5.36. The van der Waals surface area contributed by atoms with Crippen molar-refractivity contribution in [2.75, 3.05) is 25.1 Å². The highest BCUT2D eigenvalue weighted by Crippen LogP contribution is 2.20. The highest BCUT2D eigenvalue weighted by Gasteiger charge is 2.15. The third-order valence-electron chi connectivity index (χ3n) is 3.42. The Morgan fingerprint density at radius 1 is 1.37 bits per heavy atom. The average molecular weight is 262 g/mol. The Morgan fingerprint density at radius 2 is 2.11 bits per heavy atom. The monoisotopic (exact) mass is 262 g/mol. The Hall–Kier alpha value is -1.55. The molecule has 19 heavy (non-hydrogen) atoms. The average Bonchev–Trinajstić information content (AvgIpc) is 2.42. The molecule has 0 atom stereocenters. The van der Waals surface area contributed by atoms with E-state index in [4.69, 9.17) is 4.74 Å². The summed E-state index contributed by atoms with van der Waals surface area (Å²) in [6, 6.07) is 6.24. The highest BCUT2D eigenvalue weighted by molar-refractivity contribution is 5.95. The van der Waals surface area contributed by atoms with E-state index in [1.54, 1.807) is 0 Å². The van der Waals surface area contributed by atoms with Crippen LogP contribution in [-0.4, -0.2) is 31.7 Å². The molecule has 4 heteroatoms. The van der Waals surface area contributed by atoms with Crippen LogP contribution in [0, 0.1) is 6.92 Å². The van der Waals surface area contributed by atoms with E-state index in [0.717, 1.165) is 31.7 Å². The van der Waals surface area contributed by atoms with Crippen molar-refractivity contribution in [2.24, 2.45) is 0 Å².